The van der Waals surface area contributed by atoms with Crippen molar-refractivity contribution in [3.63, 3.8) is 0 Å². The van der Waals surface area contributed by atoms with Crippen LogP contribution in [0.4, 0.5) is 0 Å². The molecule has 1 amide bonds. The first-order valence-corrected chi connectivity index (χ1v) is 3.91. The molecule has 1 fully saturated rings. The van der Waals surface area contributed by atoms with E-state index in [0.29, 0.717) is 13.0 Å². The van der Waals surface area contributed by atoms with E-state index in [1.54, 1.807) is 6.26 Å². The molecule has 2 rings (SSSR count). The molecule has 0 saturated carbocycles. The summed E-state index contributed by atoms with van der Waals surface area (Å²) in [6.45, 7) is 1.41. The largest absolute Gasteiger partial charge is 0.468 e. The predicted molar refractivity (Wildman–Crippen MR) is 41.9 cm³/mol. The first-order chi connectivity index (χ1) is 5.84. The van der Waals surface area contributed by atoms with E-state index >= 15 is 0 Å². The van der Waals surface area contributed by atoms with E-state index in [1.807, 2.05) is 17.1 Å². The predicted octanol–water partition coefficient (Wildman–Crippen LogP) is 0.517. The minimum absolute atomic E-state index is 0.0848. The van der Waals surface area contributed by atoms with Crippen molar-refractivity contribution in [1.82, 2.24) is 10.4 Å². The number of nitrogens with zero attached hydrogens (tertiary/aromatic N) is 1. The number of hydrogen-bond donors (Lipinski definition) is 1. The zero-order valence-corrected chi connectivity index (χ0v) is 6.62. The van der Waals surface area contributed by atoms with Crippen LogP contribution in [0.5, 0.6) is 0 Å². The highest BCUT2D eigenvalue weighted by Crippen LogP contribution is 2.06. The lowest BCUT2D eigenvalue weighted by Gasteiger charge is -2.11. The van der Waals surface area contributed by atoms with Crippen molar-refractivity contribution in [2.24, 2.45) is 0 Å². The third kappa shape index (κ3) is 1.48. The smallest absolute Gasteiger partial charge is 0.235 e. The maximum atomic E-state index is 10.8. The summed E-state index contributed by atoms with van der Waals surface area (Å²) in [4.78, 5) is 10.8. The first-order valence-electron chi connectivity index (χ1n) is 3.91. The molecule has 4 heteroatoms. The molecule has 1 aromatic rings. The molecule has 1 aliphatic heterocycles. The topological polar surface area (TPSA) is 45.5 Å². The molecule has 1 N–H and O–H groups in total. The maximum Gasteiger partial charge on any atom is 0.235 e. The van der Waals surface area contributed by atoms with E-state index in [-0.39, 0.29) is 5.91 Å². The SMILES string of the molecule is O=C1CCN(Cc2ccco2)N1. The van der Waals surface area contributed by atoms with Crippen molar-refractivity contribution in [2.45, 2.75) is 13.0 Å². The standard InChI is InChI=1S/C8H10N2O2/c11-8-3-4-10(9-8)6-7-2-1-5-12-7/h1-2,5H,3-4,6H2,(H,9,11). The number of hydrogen-bond acceptors (Lipinski definition) is 3. The van der Waals surface area contributed by atoms with Gasteiger partial charge in [-0.25, -0.2) is 5.01 Å². The van der Waals surface area contributed by atoms with Crippen LogP contribution in [0.25, 0.3) is 0 Å². The summed E-state index contributed by atoms with van der Waals surface area (Å²) in [5, 5.41) is 1.85. The van der Waals surface area contributed by atoms with Crippen molar-refractivity contribution in [3.05, 3.63) is 24.2 Å². The quantitative estimate of drug-likeness (QED) is 0.696. The van der Waals surface area contributed by atoms with E-state index in [9.17, 15) is 4.79 Å². The molecule has 2 heterocycles. The highest BCUT2D eigenvalue weighted by atomic mass is 16.3. The maximum absolute atomic E-state index is 10.8. The molecule has 1 aliphatic rings. The highest BCUT2D eigenvalue weighted by Gasteiger charge is 2.18. The van der Waals surface area contributed by atoms with Gasteiger partial charge in [-0.1, -0.05) is 0 Å². The molecule has 1 saturated heterocycles. The second-order valence-electron chi connectivity index (χ2n) is 2.79. The van der Waals surface area contributed by atoms with Crippen LogP contribution in [-0.4, -0.2) is 17.5 Å². The van der Waals surface area contributed by atoms with Gasteiger partial charge in [0.05, 0.1) is 12.8 Å². The van der Waals surface area contributed by atoms with Crippen molar-refractivity contribution in [1.29, 1.82) is 0 Å². The summed E-state index contributed by atoms with van der Waals surface area (Å²) in [6, 6.07) is 3.73. The fraction of sp³-hybridized carbons (Fsp3) is 0.375. The molecule has 1 aromatic heterocycles. The number of rotatable bonds is 2. The Labute approximate surface area is 70.1 Å². The number of carbonyl (C=O) groups excluding carboxylic acids is 1. The number of nitrogens with one attached hydrogen (secondary N) is 1. The van der Waals surface area contributed by atoms with Crippen LogP contribution in [0, 0.1) is 0 Å². The molecular formula is C8H10N2O2. The zero-order chi connectivity index (χ0) is 8.39. The fourth-order valence-corrected chi connectivity index (χ4v) is 1.23. The second-order valence-corrected chi connectivity index (χ2v) is 2.79. The second kappa shape index (κ2) is 2.98. The monoisotopic (exact) mass is 166 g/mol. The van der Waals surface area contributed by atoms with Gasteiger partial charge in [0.1, 0.15) is 5.76 Å². The van der Waals surface area contributed by atoms with Crippen LogP contribution < -0.4 is 5.43 Å². The van der Waals surface area contributed by atoms with E-state index in [4.69, 9.17) is 4.42 Å². The average molecular weight is 166 g/mol. The van der Waals surface area contributed by atoms with Gasteiger partial charge in [0.2, 0.25) is 5.91 Å². The molecule has 0 bridgehead atoms. The van der Waals surface area contributed by atoms with Crippen LogP contribution in [0.3, 0.4) is 0 Å². The minimum atomic E-state index is 0.0848. The molecule has 64 valence electrons. The lowest BCUT2D eigenvalue weighted by Crippen LogP contribution is -2.32. The minimum Gasteiger partial charge on any atom is -0.468 e. The highest BCUT2D eigenvalue weighted by molar-refractivity contribution is 5.77. The Bertz CT molecular complexity index is 269. The van der Waals surface area contributed by atoms with Crippen LogP contribution >= 0.6 is 0 Å². The molecule has 0 spiro atoms. The summed E-state index contributed by atoms with van der Waals surface area (Å²) in [6.07, 6.45) is 2.22. The van der Waals surface area contributed by atoms with Gasteiger partial charge in [-0.3, -0.25) is 10.2 Å². The zero-order valence-electron chi connectivity index (χ0n) is 6.62. The molecule has 0 aromatic carbocycles. The molecule has 4 nitrogen and oxygen atoms in total. The van der Waals surface area contributed by atoms with Gasteiger partial charge in [0.25, 0.3) is 0 Å². The van der Waals surface area contributed by atoms with Gasteiger partial charge in [-0.15, -0.1) is 0 Å². The number of carbonyl (C=O) groups is 1. The van der Waals surface area contributed by atoms with Gasteiger partial charge >= 0.3 is 0 Å². The Morgan fingerprint density at radius 1 is 1.67 bits per heavy atom. The third-order valence-corrected chi connectivity index (χ3v) is 1.82. The number of furan rings is 1. The van der Waals surface area contributed by atoms with Crippen molar-refractivity contribution >= 4 is 5.91 Å². The Morgan fingerprint density at radius 2 is 2.58 bits per heavy atom. The fourth-order valence-electron chi connectivity index (χ4n) is 1.23. The summed E-state index contributed by atoms with van der Waals surface area (Å²) in [5.74, 6) is 0.957. The molecule has 0 unspecified atom stereocenters. The van der Waals surface area contributed by atoms with Crippen LogP contribution in [-0.2, 0) is 11.3 Å². The van der Waals surface area contributed by atoms with Crippen molar-refractivity contribution < 1.29 is 9.21 Å². The lowest BCUT2D eigenvalue weighted by molar-refractivity contribution is -0.121. The average Bonchev–Trinajstić information content (AvgIpc) is 2.63. The van der Waals surface area contributed by atoms with Gasteiger partial charge in [-0.2, -0.15) is 0 Å². The Hall–Kier alpha value is -1.29. The summed E-state index contributed by atoms with van der Waals surface area (Å²) in [7, 11) is 0. The lowest BCUT2D eigenvalue weighted by atomic mass is 10.4. The van der Waals surface area contributed by atoms with E-state index in [1.165, 1.54) is 0 Å². The normalized spacial score (nSPS) is 18.2. The molecule has 12 heavy (non-hydrogen) atoms. The van der Waals surface area contributed by atoms with Gasteiger partial charge < -0.3 is 4.42 Å². The van der Waals surface area contributed by atoms with Crippen LogP contribution in [0.1, 0.15) is 12.2 Å². The van der Waals surface area contributed by atoms with Gasteiger partial charge in [-0.05, 0) is 12.1 Å². The molecule has 0 radical (unpaired) electrons. The number of amides is 1. The van der Waals surface area contributed by atoms with Crippen molar-refractivity contribution in [3.8, 4) is 0 Å². The molecular weight excluding hydrogens is 156 g/mol. The van der Waals surface area contributed by atoms with E-state index in [2.05, 4.69) is 5.43 Å². The van der Waals surface area contributed by atoms with Crippen molar-refractivity contribution in [2.75, 3.05) is 6.54 Å². The van der Waals surface area contributed by atoms with E-state index in [0.717, 1.165) is 12.3 Å². The Balaban J connectivity index is 1.92. The number of hydrazine groups is 1. The van der Waals surface area contributed by atoms with Gasteiger partial charge in [0, 0.05) is 13.0 Å². The first kappa shape index (κ1) is 7.36. The summed E-state index contributed by atoms with van der Waals surface area (Å²) in [5.41, 5.74) is 2.73. The third-order valence-electron chi connectivity index (χ3n) is 1.82. The van der Waals surface area contributed by atoms with E-state index < -0.39 is 0 Å². The van der Waals surface area contributed by atoms with Crippen LogP contribution in [0.2, 0.25) is 0 Å². The van der Waals surface area contributed by atoms with Gasteiger partial charge in [0.15, 0.2) is 0 Å². The summed E-state index contributed by atoms with van der Waals surface area (Å²) >= 11 is 0. The molecule has 0 atom stereocenters. The molecule has 0 aliphatic carbocycles. The van der Waals surface area contributed by atoms with Crippen LogP contribution in [0.15, 0.2) is 22.8 Å². The Kier molecular flexibility index (Phi) is 1.83. The summed E-state index contributed by atoms with van der Waals surface area (Å²) < 4.78 is 5.14. The Morgan fingerprint density at radius 3 is 3.17 bits per heavy atom.